The summed E-state index contributed by atoms with van der Waals surface area (Å²) in [4.78, 5) is 0.337. The summed E-state index contributed by atoms with van der Waals surface area (Å²) in [6.07, 6.45) is 0. The Morgan fingerprint density at radius 1 is 1.20 bits per heavy atom. The minimum atomic E-state index is -3.45. The van der Waals surface area contributed by atoms with Crippen LogP contribution < -0.4 is 10.0 Å². The van der Waals surface area contributed by atoms with E-state index < -0.39 is 10.0 Å². The molecule has 0 aromatic heterocycles. The number of sulfonamides is 1. The molecule has 1 rings (SSSR count). The van der Waals surface area contributed by atoms with Crippen LogP contribution in [0.4, 0.5) is 0 Å². The van der Waals surface area contributed by atoms with Gasteiger partial charge in [0, 0.05) is 12.6 Å². The standard InChI is InChI=1S/C15H26N2O2S/c1-6-16-10-14-9-15(8-7-12(14)4)20(18,19)17-13(5)11(2)3/h7-9,11,13,16-17H,6,10H2,1-5H3. The molecule has 0 heterocycles. The third kappa shape index (κ3) is 4.58. The Hall–Kier alpha value is -0.910. The van der Waals surface area contributed by atoms with Gasteiger partial charge in [0.25, 0.3) is 0 Å². The quantitative estimate of drug-likeness (QED) is 0.813. The number of aryl methyl sites for hydroxylation is 1. The SMILES string of the molecule is CCNCc1cc(S(=O)(=O)NC(C)C(C)C)ccc1C. The van der Waals surface area contributed by atoms with E-state index in [4.69, 9.17) is 0 Å². The Bertz CT molecular complexity index is 539. The summed E-state index contributed by atoms with van der Waals surface area (Å²) in [5, 5.41) is 3.23. The molecule has 1 unspecified atom stereocenters. The second-order valence-corrected chi connectivity index (χ2v) is 7.24. The molecule has 1 aromatic rings. The maximum Gasteiger partial charge on any atom is 0.240 e. The zero-order valence-electron chi connectivity index (χ0n) is 13.0. The van der Waals surface area contributed by atoms with Crippen molar-refractivity contribution in [2.24, 2.45) is 5.92 Å². The summed E-state index contributed by atoms with van der Waals surface area (Å²) < 4.78 is 27.4. The van der Waals surface area contributed by atoms with Crippen molar-refractivity contribution in [2.45, 2.75) is 52.1 Å². The van der Waals surface area contributed by atoms with E-state index in [1.807, 2.05) is 40.7 Å². The van der Waals surface area contributed by atoms with E-state index in [1.54, 1.807) is 12.1 Å². The molecule has 1 aromatic carbocycles. The Balaban J connectivity index is 3.00. The molecule has 4 nitrogen and oxygen atoms in total. The molecule has 0 spiro atoms. The summed E-state index contributed by atoms with van der Waals surface area (Å²) in [5.41, 5.74) is 2.12. The molecule has 114 valence electrons. The molecule has 20 heavy (non-hydrogen) atoms. The summed E-state index contributed by atoms with van der Waals surface area (Å²) in [5.74, 6) is 0.261. The van der Waals surface area contributed by atoms with Crippen molar-refractivity contribution in [3.63, 3.8) is 0 Å². The number of hydrogen-bond acceptors (Lipinski definition) is 3. The van der Waals surface area contributed by atoms with E-state index in [0.717, 1.165) is 17.7 Å². The molecule has 0 aliphatic rings. The monoisotopic (exact) mass is 298 g/mol. The van der Waals surface area contributed by atoms with E-state index in [1.165, 1.54) is 0 Å². The van der Waals surface area contributed by atoms with E-state index in [-0.39, 0.29) is 12.0 Å². The zero-order valence-corrected chi connectivity index (χ0v) is 13.8. The van der Waals surface area contributed by atoms with E-state index in [9.17, 15) is 8.42 Å². The van der Waals surface area contributed by atoms with E-state index in [2.05, 4.69) is 10.0 Å². The minimum Gasteiger partial charge on any atom is -0.313 e. The van der Waals surface area contributed by atoms with Crippen molar-refractivity contribution in [3.8, 4) is 0 Å². The fourth-order valence-corrected chi connectivity index (χ4v) is 3.16. The highest BCUT2D eigenvalue weighted by Gasteiger charge is 2.19. The smallest absolute Gasteiger partial charge is 0.240 e. The highest BCUT2D eigenvalue weighted by atomic mass is 32.2. The van der Waals surface area contributed by atoms with Crippen LogP contribution in [0, 0.1) is 12.8 Å². The molecule has 0 fully saturated rings. The van der Waals surface area contributed by atoms with Crippen LogP contribution in [-0.4, -0.2) is 21.0 Å². The normalized spacial score (nSPS) is 13.7. The third-order valence-corrected chi connectivity index (χ3v) is 5.09. The van der Waals surface area contributed by atoms with Crippen molar-refractivity contribution >= 4 is 10.0 Å². The van der Waals surface area contributed by atoms with Gasteiger partial charge in [0.15, 0.2) is 0 Å². The fourth-order valence-electron chi connectivity index (χ4n) is 1.71. The predicted octanol–water partition coefficient (Wildman–Crippen LogP) is 2.43. The molecule has 2 N–H and O–H groups in total. The van der Waals surface area contributed by atoms with Crippen molar-refractivity contribution < 1.29 is 8.42 Å². The van der Waals surface area contributed by atoms with Gasteiger partial charge in [0.2, 0.25) is 10.0 Å². The first-order valence-corrected chi connectivity index (χ1v) is 8.58. The predicted molar refractivity (Wildman–Crippen MR) is 83.2 cm³/mol. The van der Waals surface area contributed by atoms with Gasteiger partial charge < -0.3 is 5.32 Å². The average Bonchev–Trinajstić information content (AvgIpc) is 2.36. The Morgan fingerprint density at radius 2 is 1.85 bits per heavy atom. The van der Waals surface area contributed by atoms with Crippen LogP contribution in [0.5, 0.6) is 0 Å². The first-order chi connectivity index (χ1) is 9.27. The summed E-state index contributed by atoms with van der Waals surface area (Å²) in [7, 11) is -3.45. The molecular weight excluding hydrogens is 272 g/mol. The average molecular weight is 298 g/mol. The maximum absolute atomic E-state index is 12.4. The maximum atomic E-state index is 12.4. The Morgan fingerprint density at radius 3 is 2.40 bits per heavy atom. The van der Waals surface area contributed by atoms with Gasteiger partial charge in [0.1, 0.15) is 0 Å². The number of hydrogen-bond donors (Lipinski definition) is 2. The van der Waals surface area contributed by atoms with Crippen molar-refractivity contribution in [1.82, 2.24) is 10.0 Å². The van der Waals surface area contributed by atoms with E-state index >= 15 is 0 Å². The van der Waals surface area contributed by atoms with Crippen molar-refractivity contribution in [1.29, 1.82) is 0 Å². The Kier molecular flexibility index (Phi) is 6.17. The van der Waals surface area contributed by atoms with Crippen LogP contribution in [0.3, 0.4) is 0 Å². The van der Waals surface area contributed by atoms with Gasteiger partial charge in [-0.25, -0.2) is 13.1 Å². The number of benzene rings is 1. The summed E-state index contributed by atoms with van der Waals surface area (Å²) >= 11 is 0. The van der Waals surface area contributed by atoms with Gasteiger partial charge in [-0.2, -0.15) is 0 Å². The summed E-state index contributed by atoms with van der Waals surface area (Å²) in [6, 6.07) is 5.20. The summed E-state index contributed by atoms with van der Waals surface area (Å²) in [6.45, 7) is 11.5. The highest BCUT2D eigenvalue weighted by molar-refractivity contribution is 7.89. The number of nitrogens with one attached hydrogen (secondary N) is 2. The topological polar surface area (TPSA) is 58.2 Å². The first kappa shape index (κ1) is 17.1. The molecule has 0 saturated heterocycles. The van der Waals surface area contributed by atoms with Gasteiger partial charge in [0.05, 0.1) is 4.90 Å². The van der Waals surface area contributed by atoms with Gasteiger partial charge in [-0.1, -0.05) is 26.8 Å². The lowest BCUT2D eigenvalue weighted by Crippen LogP contribution is -2.36. The van der Waals surface area contributed by atoms with E-state index in [0.29, 0.717) is 11.4 Å². The lowest BCUT2D eigenvalue weighted by atomic mass is 10.1. The molecule has 0 saturated carbocycles. The molecular formula is C15H26N2O2S. The lowest BCUT2D eigenvalue weighted by molar-refractivity contribution is 0.476. The largest absolute Gasteiger partial charge is 0.313 e. The van der Waals surface area contributed by atoms with Crippen LogP contribution in [0.25, 0.3) is 0 Å². The molecule has 0 bridgehead atoms. The first-order valence-electron chi connectivity index (χ1n) is 7.10. The van der Waals surface area contributed by atoms with Gasteiger partial charge in [-0.05, 0) is 49.6 Å². The van der Waals surface area contributed by atoms with Gasteiger partial charge >= 0.3 is 0 Å². The Labute approximate surface area is 123 Å². The lowest BCUT2D eigenvalue weighted by Gasteiger charge is -2.18. The fraction of sp³-hybridized carbons (Fsp3) is 0.600. The van der Waals surface area contributed by atoms with Gasteiger partial charge in [-0.15, -0.1) is 0 Å². The van der Waals surface area contributed by atoms with Crippen LogP contribution in [0.1, 0.15) is 38.8 Å². The number of rotatable bonds is 7. The van der Waals surface area contributed by atoms with Crippen LogP contribution in [-0.2, 0) is 16.6 Å². The minimum absolute atomic E-state index is 0.0847. The second kappa shape index (κ2) is 7.20. The third-order valence-electron chi connectivity index (χ3n) is 3.54. The molecule has 5 heteroatoms. The molecule has 0 aliphatic heterocycles. The van der Waals surface area contributed by atoms with Crippen LogP contribution >= 0.6 is 0 Å². The molecule has 1 atom stereocenters. The van der Waals surface area contributed by atoms with Gasteiger partial charge in [-0.3, -0.25) is 0 Å². The van der Waals surface area contributed by atoms with Crippen molar-refractivity contribution in [3.05, 3.63) is 29.3 Å². The molecule has 0 aliphatic carbocycles. The molecule has 0 radical (unpaired) electrons. The molecule has 0 amide bonds. The van der Waals surface area contributed by atoms with Crippen LogP contribution in [0.2, 0.25) is 0 Å². The second-order valence-electron chi connectivity index (χ2n) is 5.52. The highest BCUT2D eigenvalue weighted by Crippen LogP contribution is 2.17. The zero-order chi connectivity index (χ0) is 15.3. The van der Waals surface area contributed by atoms with Crippen molar-refractivity contribution in [2.75, 3.05) is 6.54 Å². The van der Waals surface area contributed by atoms with Crippen LogP contribution in [0.15, 0.2) is 23.1 Å².